The molecule has 1 aromatic rings. The summed E-state index contributed by atoms with van der Waals surface area (Å²) in [6.45, 7) is 0.293. The zero-order chi connectivity index (χ0) is 8.27. The largest absolute Gasteiger partial charge is 0.493 e. The highest BCUT2D eigenvalue weighted by atomic mass is 79.9. The van der Waals surface area contributed by atoms with Crippen LogP contribution in [-0.4, -0.2) is 7.11 Å². The van der Waals surface area contributed by atoms with Gasteiger partial charge in [0.1, 0.15) is 0 Å². The maximum absolute atomic E-state index is 12.9. The van der Waals surface area contributed by atoms with Crippen LogP contribution in [0, 0.1) is 5.82 Å². The average molecular weight is 236 g/mol. The monoisotopic (exact) mass is 235 g/mol. The van der Waals surface area contributed by atoms with Gasteiger partial charge in [0, 0.05) is 12.1 Å². The van der Waals surface area contributed by atoms with E-state index in [1.54, 1.807) is 12.1 Å². The molecule has 12 heavy (non-hydrogen) atoms. The van der Waals surface area contributed by atoms with Crippen LogP contribution in [-0.2, 0) is 6.54 Å². The average Bonchev–Trinajstić information content (AvgIpc) is 2.04. The first-order valence-corrected chi connectivity index (χ1v) is 3.31. The number of benzene rings is 1. The van der Waals surface area contributed by atoms with Gasteiger partial charge in [-0.3, -0.25) is 0 Å². The van der Waals surface area contributed by atoms with Crippen molar-refractivity contribution in [1.82, 2.24) is 0 Å². The van der Waals surface area contributed by atoms with E-state index in [2.05, 4.69) is 0 Å². The number of hydrogen-bond acceptors (Lipinski definition) is 2. The van der Waals surface area contributed by atoms with E-state index in [9.17, 15) is 4.39 Å². The van der Waals surface area contributed by atoms with Crippen molar-refractivity contribution in [3.8, 4) is 5.75 Å². The molecule has 0 atom stereocenters. The molecule has 0 fully saturated rings. The highest BCUT2D eigenvalue weighted by Gasteiger charge is 2.05. The molecule has 0 aromatic heterocycles. The Hall–Kier alpha value is -0.610. The number of ether oxygens (including phenoxy) is 1. The van der Waals surface area contributed by atoms with E-state index in [4.69, 9.17) is 10.5 Å². The second-order valence-electron chi connectivity index (χ2n) is 2.14. The van der Waals surface area contributed by atoms with Crippen LogP contribution in [0.15, 0.2) is 18.2 Å². The third-order valence-corrected chi connectivity index (χ3v) is 1.47. The molecular weight excluding hydrogens is 225 g/mol. The molecule has 0 saturated carbocycles. The van der Waals surface area contributed by atoms with E-state index in [1.165, 1.54) is 13.2 Å². The third-order valence-electron chi connectivity index (χ3n) is 1.47. The van der Waals surface area contributed by atoms with Gasteiger partial charge < -0.3 is 10.5 Å². The zero-order valence-corrected chi connectivity index (χ0v) is 8.42. The number of para-hydroxylation sites is 1. The molecular formula is C8H11BrFNO. The zero-order valence-electron chi connectivity index (χ0n) is 6.71. The normalized spacial score (nSPS) is 8.92. The number of hydrogen-bond donors (Lipinski definition) is 1. The van der Waals surface area contributed by atoms with Crippen molar-refractivity contribution < 1.29 is 9.13 Å². The molecule has 1 aromatic carbocycles. The minimum atomic E-state index is -0.365. The number of rotatable bonds is 2. The van der Waals surface area contributed by atoms with Gasteiger partial charge in [-0.2, -0.15) is 0 Å². The van der Waals surface area contributed by atoms with E-state index in [1.807, 2.05) is 0 Å². The predicted molar refractivity (Wildman–Crippen MR) is 51.2 cm³/mol. The fourth-order valence-electron chi connectivity index (χ4n) is 0.943. The quantitative estimate of drug-likeness (QED) is 0.850. The fraction of sp³-hybridized carbons (Fsp3) is 0.250. The molecule has 1 rings (SSSR count). The van der Waals surface area contributed by atoms with Crippen LogP contribution in [0.4, 0.5) is 4.39 Å². The molecule has 2 N–H and O–H groups in total. The van der Waals surface area contributed by atoms with Crippen molar-refractivity contribution in [2.45, 2.75) is 6.54 Å². The Morgan fingerprint density at radius 2 is 2.17 bits per heavy atom. The van der Waals surface area contributed by atoms with Crippen molar-refractivity contribution in [1.29, 1.82) is 0 Å². The summed E-state index contributed by atoms with van der Waals surface area (Å²) >= 11 is 0. The molecule has 0 aliphatic heterocycles. The molecule has 0 spiro atoms. The van der Waals surface area contributed by atoms with Crippen LogP contribution in [0.25, 0.3) is 0 Å². The summed E-state index contributed by atoms with van der Waals surface area (Å²) in [5.41, 5.74) is 6.04. The Morgan fingerprint density at radius 3 is 2.58 bits per heavy atom. The molecule has 0 amide bonds. The predicted octanol–water partition coefficient (Wildman–Crippen LogP) is 1.87. The molecule has 68 valence electrons. The molecule has 2 nitrogen and oxygen atoms in total. The number of halogens is 2. The minimum Gasteiger partial charge on any atom is -0.493 e. The Kier molecular flexibility index (Phi) is 4.85. The SMILES string of the molecule is Br.COc1c(F)cccc1CN. The van der Waals surface area contributed by atoms with Crippen LogP contribution >= 0.6 is 17.0 Å². The summed E-state index contributed by atoms with van der Waals surface area (Å²) in [6.07, 6.45) is 0. The lowest BCUT2D eigenvalue weighted by molar-refractivity contribution is 0.381. The van der Waals surface area contributed by atoms with Crippen molar-refractivity contribution in [3.63, 3.8) is 0 Å². The first kappa shape index (κ1) is 11.4. The van der Waals surface area contributed by atoms with E-state index < -0.39 is 0 Å². The topological polar surface area (TPSA) is 35.2 Å². The van der Waals surface area contributed by atoms with Gasteiger partial charge in [-0.15, -0.1) is 17.0 Å². The van der Waals surface area contributed by atoms with Crippen molar-refractivity contribution >= 4 is 17.0 Å². The fourth-order valence-corrected chi connectivity index (χ4v) is 0.943. The Bertz CT molecular complexity index is 255. The van der Waals surface area contributed by atoms with Gasteiger partial charge >= 0.3 is 0 Å². The van der Waals surface area contributed by atoms with Gasteiger partial charge in [-0.1, -0.05) is 12.1 Å². The summed E-state index contributed by atoms with van der Waals surface area (Å²) in [5, 5.41) is 0. The van der Waals surface area contributed by atoms with Crippen molar-refractivity contribution in [2.75, 3.05) is 7.11 Å². The van der Waals surface area contributed by atoms with Crippen LogP contribution < -0.4 is 10.5 Å². The molecule has 4 heteroatoms. The second-order valence-corrected chi connectivity index (χ2v) is 2.14. The van der Waals surface area contributed by atoms with E-state index in [0.29, 0.717) is 12.1 Å². The highest BCUT2D eigenvalue weighted by Crippen LogP contribution is 2.20. The molecule has 0 bridgehead atoms. The summed E-state index contributed by atoms with van der Waals surface area (Å²) in [5.74, 6) is -0.120. The summed E-state index contributed by atoms with van der Waals surface area (Å²) in [6, 6.07) is 4.69. The highest BCUT2D eigenvalue weighted by molar-refractivity contribution is 8.93. The maximum atomic E-state index is 12.9. The second kappa shape index (κ2) is 5.11. The molecule has 0 aliphatic carbocycles. The number of nitrogens with two attached hydrogens (primary N) is 1. The van der Waals surface area contributed by atoms with Crippen LogP contribution in [0.3, 0.4) is 0 Å². The lowest BCUT2D eigenvalue weighted by atomic mass is 10.2. The first-order valence-electron chi connectivity index (χ1n) is 3.31. The lowest BCUT2D eigenvalue weighted by Gasteiger charge is -2.05. The van der Waals surface area contributed by atoms with E-state index in [0.717, 1.165) is 0 Å². The first-order chi connectivity index (χ1) is 5.29. The van der Waals surface area contributed by atoms with Crippen LogP contribution in [0.2, 0.25) is 0 Å². The van der Waals surface area contributed by atoms with Gasteiger partial charge in [-0.25, -0.2) is 4.39 Å². The maximum Gasteiger partial charge on any atom is 0.165 e. The Balaban J connectivity index is 0.00000121. The molecule has 0 aliphatic rings. The summed E-state index contributed by atoms with van der Waals surface area (Å²) in [4.78, 5) is 0. The standard InChI is InChI=1S/C8H10FNO.BrH/c1-11-8-6(5-10)3-2-4-7(8)9;/h2-4H,5,10H2,1H3;1H. The Morgan fingerprint density at radius 1 is 1.50 bits per heavy atom. The van der Waals surface area contributed by atoms with Crippen molar-refractivity contribution in [3.05, 3.63) is 29.6 Å². The van der Waals surface area contributed by atoms with Crippen LogP contribution in [0.5, 0.6) is 5.75 Å². The van der Waals surface area contributed by atoms with Gasteiger partial charge in [0.25, 0.3) is 0 Å². The van der Waals surface area contributed by atoms with Gasteiger partial charge in [0.2, 0.25) is 0 Å². The van der Waals surface area contributed by atoms with Crippen molar-refractivity contribution in [2.24, 2.45) is 5.73 Å². The molecule has 0 saturated heterocycles. The smallest absolute Gasteiger partial charge is 0.165 e. The lowest BCUT2D eigenvalue weighted by Crippen LogP contribution is -2.01. The number of methoxy groups -OCH3 is 1. The summed E-state index contributed by atoms with van der Waals surface area (Å²) in [7, 11) is 1.43. The molecule has 0 unspecified atom stereocenters. The Labute approximate surface area is 81.3 Å². The van der Waals surface area contributed by atoms with Crippen LogP contribution in [0.1, 0.15) is 5.56 Å². The third kappa shape index (κ3) is 2.19. The van der Waals surface area contributed by atoms with Gasteiger partial charge in [0.15, 0.2) is 11.6 Å². The van der Waals surface area contributed by atoms with Gasteiger partial charge in [-0.05, 0) is 6.07 Å². The summed E-state index contributed by atoms with van der Waals surface area (Å²) < 4.78 is 17.7. The van der Waals surface area contributed by atoms with Gasteiger partial charge in [0.05, 0.1) is 7.11 Å². The van der Waals surface area contributed by atoms with E-state index in [-0.39, 0.29) is 28.5 Å². The molecule has 0 heterocycles. The minimum absolute atomic E-state index is 0. The molecule has 0 radical (unpaired) electrons. The van der Waals surface area contributed by atoms with E-state index >= 15 is 0 Å².